The molecule has 0 spiro atoms. The molecule has 0 aliphatic rings. The first-order chi connectivity index (χ1) is 7.25. The van der Waals surface area contributed by atoms with Crippen molar-refractivity contribution in [3.63, 3.8) is 0 Å². The molecule has 0 aliphatic carbocycles. The number of aryl methyl sites for hydroxylation is 1. The van der Waals surface area contributed by atoms with Crippen LogP contribution in [0, 0.1) is 6.92 Å². The maximum Gasteiger partial charge on any atom is 0.150 e. The fourth-order valence-electron chi connectivity index (χ4n) is 1.05. The molecule has 5 heteroatoms. The SMILES string of the molecule is Cc1csc(SCc2ncccc2Br)n1. The molecular weight excluding hydrogens is 292 g/mol. The van der Waals surface area contributed by atoms with Crippen LogP contribution in [-0.4, -0.2) is 9.97 Å². The van der Waals surface area contributed by atoms with Crippen molar-refractivity contribution in [1.29, 1.82) is 0 Å². The number of rotatable bonds is 3. The second-order valence-corrected chi connectivity index (χ2v) is 5.91. The second kappa shape index (κ2) is 5.09. The number of hydrogen-bond donors (Lipinski definition) is 0. The molecule has 0 N–H and O–H groups in total. The second-order valence-electron chi connectivity index (χ2n) is 2.98. The summed E-state index contributed by atoms with van der Waals surface area (Å²) in [6, 6.07) is 3.93. The monoisotopic (exact) mass is 300 g/mol. The van der Waals surface area contributed by atoms with Gasteiger partial charge in [-0.2, -0.15) is 0 Å². The number of thiazole rings is 1. The van der Waals surface area contributed by atoms with Crippen molar-refractivity contribution >= 4 is 39.0 Å². The molecule has 78 valence electrons. The molecule has 0 atom stereocenters. The van der Waals surface area contributed by atoms with E-state index in [4.69, 9.17) is 0 Å². The van der Waals surface area contributed by atoms with Crippen LogP contribution in [0.2, 0.25) is 0 Å². The summed E-state index contributed by atoms with van der Waals surface area (Å²) in [5.41, 5.74) is 2.15. The average molecular weight is 301 g/mol. The van der Waals surface area contributed by atoms with Crippen molar-refractivity contribution < 1.29 is 0 Å². The Bertz CT molecular complexity index is 456. The molecule has 2 aromatic heterocycles. The summed E-state index contributed by atoms with van der Waals surface area (Å²) in [5.74, 6) is 0.856. The standard InChI is InChI=1S/C10H9BrN2S2/c1-7-5-14-10(13-7)15-6-9-8(11)3-2-4-12-9/h2-5H,6H2,1H3. The van der Waals surface area contributed by atoms with Crippen LogP contribution >= 0.6 is 39.0 Å². The molecule has 2 nitrogen and oxygen atoms in total. The topological polar surface area (TPSA) is 25.8 Å². The van der Waals surface area contributed by atoms with Gasteiger partial charge in [0.15, 0.2) is 0 Å². The summed E-state index contributed by atoms with van der Waals surface area (Å²) in [6.45, 7) is 2.01. The summed E-state index contributed by atoms with van der Waals surface area (Å²) in [5, 5.41) is 2.07. The van der Waals surface area contributed by atoms with E-state index in [1.54, 1.807) is 23.1 Å². The summed E-state index contributed by atoms with van der Waals surface area (Å²) in [6.07, 6.45) is 1.81. The van der Waals surface area contributed by atoms with Crippen LogP contribution < -0.4 is 0 Å². The van der Waals surface area contributed by atoms with E-state index < -0.39 is 0 Å². The summed E-state index contributed by atoms with van der Waals surface area (Å²) < 4.78 is 2.16. The maximum absolute atomic E-state index is 4.39. The van der Waals surface area contributed by atoms with Crippen LogP contribution in [0.25, 0.3) is 0 Å². The Morgan fingerprint density at radius 1 is 1.53 bits per heavy atom. The highest BCUT2D eigenvalue weighted by atomic mass is 79.9. The van der Waals surface area contributed by atoms with Crippen molar-refractivity contribution in [2.75, 3.05) is 0 Å². The van der Waals surface area contributed by atoms with E-state index in [0.717, 1.165) is 26.0 Å². The number of nitrogens with zero attached hydrogens (tertiary/aromatic N) is 2. The van der Waals surface area contributed by atoms with Gasteiger partial charge in [0.05, 0.1) is 5.69 Å². The van der Waals surface area contributed by atoms with Gasteiger partial charge in [-0.3, -0.25) is 4.98 Å². The van der Waals surface area contributed by atoms with Crippen LogP contribution in [0.3, 0.4) is 0 Å². The van der Waals surface area contributed by atoms with Gasteiger partial charge in [0.25, 0.3) is 0 Å². The molecule has 0 bridgehead atoms. The molecule has 0 radical (unpaired) electrons. The maximum atomic E-state index is 4.39. The molecule has 0 saturated carbocycles. The minimum absolute atomic E-state index is 0.856. The normalized spacial score (nSPS) is 10.5. The Morgan fingerprint density at radius 2 is 2.40 bits per heavy atom. The molecule has 2 aromatic rings. The Kier molecular flexibility index (Phi) is 3.77. The lowest BCUT2D eigenvalue weighted by Crippen LogP contribution is -1.87. The molecule has 0 unspecified atom stereocenters. The Labute approximate surface area is 105 Å². The number of pyridine rings is 1. The van der Waals surface area contributed by atoms with Gasteiger partial charge in [0, 0.05) is 27.5 Å². The van der Waals surface area contributed by atoms with E-state index in [2.05, 4.69) is 31.3 Å². The molecule has 2 rings (SSSR count). The first kappa shape index (κ1) is 11.1. The molecule has 2 heterocycles. The summed E-state index contributed by atoms with van der Waals surface area (Å²) in [4.78, 5) is 8.70. The third kappa shape index (κ3) is 3.03. The zero-order chi connectivity index (χ0) is 10.7. The Balaban J connectivity index is 2.02. The van der Waals surface area contributed by atoms with Crippen LogP contribution in [-0.2, 0) is 5.75 Å². The highest BCUT2D eigenvalue weighted by Crippen LogP contribution is 2.27. The predicted molar refractivity (Wildman–Crippen MR) is 68.3 cm³/mol. The molecule has 0 amide bonds. The van der Waals surface area contributed by atoms with Crippen LogP contribution in [0.15, 0.2) is 32.5 Å². The highest BCUT2D eigenvalue weighted by Gasteiger charge is 2.03. The zero-order valence-electron chi connectivity index (χ0n) is 8.11. The lowest BCUT2D eigenvalue weighted by molar-refractivity contribution is 1.13. The largest absolute Gasteiger partial charge is 0.259 e. The van der Waals surface area contributed by atoms with Gasteiger partial charge in [0.2, 0.25) is 0 Å². The molecule has 0 fully saturated rings. The average Bonchev–Trinajstić information content (AvgIpc) is 2.63. The zero-order valence-corrected chi connectivity index (χ0v) is 11.3. The minimum Gasteiger partial charge on any atom is -0.259 e. The van der Waals surface area contributed by atoms with Gasteiger partial charge in [-0.25, -0.2) is 4.98 Å². The van der Waals surface area contributed by atoms with Crippen molar-refractivity contribution in [1.82, 2.24) is 9.97 Å². The lowest BCUT2D eigenvalue weighted by atomic mass is 10.4. The van der Waals surface area contributed by atoms with Gasteiger partial charge in [-0.05, 0) is 35.0 Å². The third-order valence-electron chi connectivity index (χ3n) is 1.76. The fourth-order valence-corrected chi connectivity index (χ4v) is 3.45. The fraction of sp³-hybridized carbons (Fsp3) is 0.200. The van der Waals surface area contributed by atoms with Gasteiger partial charge in [0.1, 0.15) is 4.34 Å². The quantitative estimate of drug-likeness (QED) is 0.804. The number of aromatic nitrogens is 2. The van der Waals surface area contributed by atoms with Gasteiger partial charge < -0.3 is 0 Å². The number of hydrogen-bond acceptors (Lipinski definition) is 4. The molecule has 15 heavy (non-hydrogen) atoms. The van der Waals surface area contributed by atoms with Gasteiger partial charge >= 0.3 is 0 Å². The smallest absolute Gasteiger partial charge is 0.150 e. The van der Waals surface area contributed by atoms with Crippen LogP contribution in [0.4, 0.5) is 0 Å². The van der Waals surface area contributed by atoms with E-state index in [1.807, 2.05) is 25.3 Å². The highest BCUT2D eigenvalue weighted by molar-refractivity contribution is 9.10. The van der Waals surface area contributed by atoms with Crippen molar-refractivity contribution in [2.24, 2.45) is 0 Å². The number of thioether (sulfide) groups is 1. The summed E-state index contributed by atoms with van der Waals surface area (Å²) in [7, 11) is 0. The first-order valence-electron chi connectivity index (χ1n) is 4.40. The van der Waals surface area contributed by atoms with E-state index in [9.17, 15) is 0 Å². The van der Waals surface area contributed by atoms with Crippen molar-refractivity contribution in [3.8, 4) is 0 Å². The third-order valence-corrected chi connectivity index (χ3v) is 4.64. The lowest BCUT2D eigenvalue weighted by Gasteiger charge is -2.00. The van der Waals surface area contributed by atoms with Gasteiger partial charge in [-0.1, -0.05) is 11.8 Å². The summed E-state index contributed by atoms with van der Waals surface area (Å²) >= 11 is 6.89. The van der Waals surface area contributed by atoms with Crippen LogP contribution in [0.1, 0.15) is 11.4 Å². The number of halogens is 1. The van der Waals surface area contributed by atoms with Gasteiger partial charge in [-0.15, -0.1) is 11.3 Å². The van der Waals surface area contributed by atoms with Crippen molar-refractivity contribution in [2.45, 2.75) is 17.0 Å². The molecule has 0 aromatic carbocycles. The van der Waals surface area contributed by atoms with E-state index in [0.29, 0.717) is 0 Å². The van der Waals surface area contributed by atoms with Crippen LogP contribution in [0.5, 0.6) is 0 Å². The Hall–Kier alpha value is -0.390. The molecular formula is C10H9BrN2S2. The van der Waals surface area contributed by atoms with E-state index in [1.165, 1.54) is 0 Å². The molecule has 0 aliphatic heterocycles. The van der Waals surface area contributed by atoms with E-state index >= 15 is 0 Å². The molecule has 0 saturated heterocycles. The Morgan fingerprint density at radius 3 is 3.07 bits per heavy atom. The van der Waals surface area contributed by atoms with E-state index in [-0.39, 0.29) is 0 Å². The minimum atomic E-state index is 0.856. The van der Waals surface area contributed by atoms with Crippen molar-refractivity contribution in [3.05, 3.63) is 39.6 Å². The predicted octanol–water partition coefficient (Wildman–Crippen LogP) is 3.90. The first-order valence-corrected chi connectivity index (χ1v) is 7.06.